The van der Waals surface area contributed by atoms with E-state index in [1.54, 1.807) is 37.4 Å². The summed E-state index contributed by atoms with van der Waals surface area (Å²) in [5.41, 5.74) is 4.01. The molecule has 40 heavy (non-hydrogen) atoms. The summed E-state index contributed by atoms with van der Waals surface area (Å²) in [7, 11) is -0.800. The Balaban J connectivity index is 1.43. The molecule has 0 spiro atoms. The van der Waals surface area contributed by atoms with E-state index in [9.17, 15) is 13.2 Å². The maximum absolute atomic E-state index is 13.5. The molecule has 3 aromatic carbocycles. The first-order valence-electron chi connectivity index (χ1n) is 12.2. The number of ether oxygens (including phenoxy) is 2. The standard InChI is InChI=1S/C29H28ClN3O6S/c1-37-27-15-8-22(16-28(27)38-2)17-29(34)32-31-18-24-11-12-25(39-24)20-33(19-21-6-4-3-5-7-21)40(35,36)26-13-9-23(30)10-14-26/h3-16,18H,17,19-20H2,1-2H3,(H,32,34)/b31-18-. The van der Waals surface area contributed by atoms with Gasteiger partial charge in [0.25, 0.3) is 0 Å². The number of benzene rings is 3. The molecule has 4 rings (SSSR count). The minimum atomic E-state index is -3.87. The highest BCUT2D eigenvalue weighted by atomic mass is 35.5. The molecule has 4 aromatic rings. The van der Waals surface area contributed by atoms with Crippen LogP contribution >= 0.6 is 11.6 Å². The summed E-state index contributed by atoms with van der Waals surface area (Å²) in [4.78, 5) is 12.5. The van der Waals surface area contributed by atoms with Crippen LogP contribution in [0.2, 0.25) is 5.02 Å². The zero-order chi connectivity index (χ0) is 28.5. The molecule has 0 aliphatic carbocycles. The van der Waals surface area contributed by atoms with E-state index in [1.165, 1.54) is 41.9 Å². The van der Waals surface area contributed by atoms with Crippen LogP contribution in [0.25, 0.3) is 0 Å². The van der Waals surface area contributed by atoms with Crippen LogP contribution < -0.4 is 14.9 Å². The number of carbonyl (C=O) groups excluding carboxylic acids is 1. The molecular weight excluding hydrogens is 554 g/mol. The van der Waals surface area contributed by atoms with E-state index in [2.05, 4.69) is 10.5 Å². The van der Waals surface area contributed by atoms with Crippen molar-refractivity contribution in [1.82, 2.24) is 9.73 Å². The van der Waals surface area contributed by atoms with Gasteiger partial charge in [0, 0.05) is 11.6 Å². The molecule has 0 radical (unpaired) electrons. The van der Waals surface area contributed by atoms with Crippen LogP contribution in [0.1, 0.15) is 22.6 Å². The third kappa shape index (κ3) is 7.50. The fraction of sp³-hybridized carbons (Fsp3) is 0.172. The summed E-state index contributed by atoms with van der Waals surface area (Å²) in [6.07, 6.45) is 1.43. The monoisotopic (exact) mass is 581 g/mol. The molecule has 0 aliphatic heterocycles. The molecule has 0 unspecified atom stereocenters. The van der Waals surface area contributed by atoms with E-state index in [4.69, 9.17) is 25.5 Å². The van der Waals surface area contributed by atoms with Gasteiger partial charge >= 0.3 is 0 Å². The largest absolute Gasteiger partial charge is 0.493 e. The predicted molar refractivity (Wildman–Crippen MR) is 152 cm³/mol. The van der Waals surface area contributed by atoms with Crippen molar-refractivity contribution in [2.75, 3.05) is 14.2 Å². The highest BCUT2D eigenvalue weighted by Crippen LogP contribution is 2.28. The number of amides is 1. The highest BCUT2D eigenvalue weighted by molar-refractivity contribution is 7.89. The number of nitrogens with zero attached hydrogens (tertiary/aromatic N) is 2. The molecule has 11 heteroatoms. The number of hydrogen-bond acceptors (Lipinski definition) is 7. The lowest BCUT2D eigenvalue weighted by Crippen LogP contribution is -2.30. The number of carbonyl (C=O) groups is 1. The zero-order valence-corrected chi connectivity index (χ0v) is 23.5. The van der Waals surface area contributed by atoms with E-state index in [0.717, 1.165) is 11.1 Å². The van der Waals surface area contributed by atoms with E-state index in [0.29, 0.717) is 28.0 Å². The Morgan fingerprint density at radius 2 is 1.65 bits per heavy atom. The van der Waals surface area contributed by atoms with Crippen molar-refractivity contribution in [3.63, 3.8) is 0 Å². The van der Waals surface area contributed by atoms with Gasteiger partial charge in [0.15, 0.2) is 11.5 Å². The molecule has 0 bridgehead atoms. The third-order valence-electron chi connectivity index (χ3n) is 5.86. The average molecular weight is 582 g/mol. The second-order valence-corrected chi connectivity index (χ2v) is 11.1. The molecule has 0 saturated carbocycles. The Labute approximate surface area is 238 Å². The smallest absolute Gasteiger partial charge is 0.244 e. The Kier molecular flexibility index (Phi) is 9.60. The zero-order valence-electron chi connectivity index (χ0n) is 21.9. The predicted octanol–water partition coefficient (Wildman–Crippen LogP) is 5.03. The molecule has 1 N–H and O–H groups in total. The number of halogens is 1. The third-order valence-corrected chi connectivity index (χ3v) is 7.92. The minimum Gasteiger partial charge on any atom is -0.493 e. The SMILES string of the molecule is COc1ccc(CC(=O)N/N=C\c2ccc(CN(Cc3ccccc3)S(=O)(=O)c3ccc(Cl)cc3)o2)cc1OC. The van der Waals surface area contributed by atoms with Crippen LogP contribution in [0.5, 0.6) is 11.5 Å². The second kappa shape index (κ2) is 13.3. The summed E-state index contributed by atoms with van der Waals surface area (Å²) < 4.78 is 44.6. The van der Waals surface area contributed by atoms with Crippen molar-refractivity contribution in [2.24, 2.45) is 5.10 Å². The number of furan rings is 1. The number of nitrogens with one attached hydrogen (secondary N) is 1. The first kappa shape index (κ1) is 28.9. The first-order valence-corrected chi connectivity index (χ1v) is 14.0. The van der Waals surface area contributed by atoms with Crippen molar-refractivity contribution < 1.29 is 27.1 Å². The van der Waals surface area contributed by atoms with E-state index in [-0.39, 0.29) is 30.3 Å². The van der Waals surface area contributed by atoms with Crippen LogP contribution in [0, 0.1) is 0 Å². The van der Waals surface area contributed by atoms with Crippen LogP contribution in [0.3, 0.4) is 0 Å². The van der Waals surface area contributed by atoms with Gasteiger partial charge in [-0.15, -0.1) is 0 Å². The number of hydrazone groups is 1. The molecule has 0 fully saturated rings. The molecule has 0 aliphatic rings. The van der Waals surface area contributed by atoms with Gasteiger partial charge in [0.05, 0.1) is 38.3 Å². The normalized spacial score (nSPS) is 11.6. The summed E-state index contributed by atoms with van der Waals surface area (Å²) >= 11 is 5.96. The van der Waals surface area contributed by atoms with Gasteiger partial charge in [-0.2, -0.15) is 9.41 Å². The van der Waals surface area contributed by atoms with Crippen molar-refractivity contribution in [2.45, 2.75) is 24.4 Å². The van der Waals surface area contributed by atoms with Gasteiger partial charge in [-0.1, -0.05) is 48.0 Å². The van der Waals surface area contributed by atoms with Crippen LogP contribution in [0.4, 0.5) is 0 Å². The van der Waals surface area contributed by atoms with Crippen molar-refractivity contribution >= 4 is 33.7 Å². The quantitative estimate of drug-likeness (QED) is 0.185. The Morgan fingerprint density at radius 1 is 0.925 bits per heavy atom. The lowest BCUT2D eigenvalue weighted by molar-refractivity contribution is -0.120. The molecular formula is C29H28ClN3O6S. The van der Waals surface area contributed by atoms with Gasteiger partial charge in [-0.3, -0.25) is 4.79 Å². The lowest BCUT2D eigenvalue weighted by atomic mass is 10.1. The van der Waals surface area contributed by atoms with Crippen LogP contribution in [-0.2, 0) is 34.3 Å². The maximum Gasteiger partial charge on any atom is 0.244 e. The van der Waals surface area contributed by atoms with Gasteiger partial charge in [-0.05, 0) is 59.7 Å². The maximum atomic E-state index is 13.5. The average Bonchev–Trinajstić information content (AvgIpc) is 3.40. The highest BCUT2D eigenvalue weighted by Gasteiger charge is 2.26. The second-order valence-electron chi connectivity index (χ2n) is 8.68. The molecule has 9 nitrogen and oxygen atoms in total. The van der Waals surface area contributed by atoms with Gasteiger partial charge in [-0.25, -0.2) is 13.8 Å². The minimum absolute atomic E-state index is 0.0145. The molecule has 0 atom stereocenters. The van der Waals surface area contributed by atoms with E-state index < -0.39 is 10.0 Å². The summed E-state index contributed by atoms with van der Waals surface area (Å²) in [5, 5.41) is 4.40. The van der Waals surface area contributed by atoms with E-state index in [1.807, 2.05) is 30.3 Å². The number of rotatable bonds is 12. The molecule has 1 heterocycles. The Bertz CT molecular complexity index is 1570. The molecule has 208 valence electrons. The first-order chi connectivity index (χ1) is 19.3. The van der Waals surface area contributed by atoms with Crippen molar-refractivity contribution in [1.29, 1.82) is 0 Å². The van der Waals surface area contributed by atoms with Gasteiger partial charge < -0.3 is 13.9 Å². The fourth-order valence-electron chi connectivity index (χ4n) is 3.87. The van der Waals surface area contributed by atoms with E-state index >= 15 is 0 Å². The van der Waals surface area contributed by atoms with Gasteiger partial charge in [0.1, 0.15) is 11.5 Å². The summed E-state index contributed by atoms with van der Waals surface area (Å²) in [6.45, 7) is 0.126. The molecule has 0 saturated heterocycles. The summed E-state index contributed by atoms with van der Waals surface area (Å²) in [6, 6.07) is 23.8. The van der Waals surface area contributed by atoms with Crippen molar-refractivity contribution in [3.8, 4) is 11.5 Å². The molecule has 1 aromatic heterocycles. The Hall–Kier alpha value is -4.12. The lowest BCUT2D eigenvalue weighted by Gasteiger charge is -2.21. The van der Waals surface area contributed by atoms with Crippen molar-refractivity contribution in [3.05, 3.63) is 113 Å². The Morgan fingerprint density at radius 3 is 2.35 bits per heavy atom. The van der Waals surface area contributed by atoms with Crippen LogP contribution in [-0.4, -0.2) is 39.1 Å². The van der Waals surface area contributed by atoms with Crippen LogP contribution in [0.15, 0.2) is 99.3 Å². The van der Waals surface area contributed by atoms with Gasteiger partial charge in [0.2, 0.25) is 15.9 Å². The number of methoxy groups -OCH3 is 2. The summed E-state index contributed by atoms with van der Waals surface area (Å²) in [5.74, 6) is 1.52. The topological polar surface area (TPSA) is 110 Å². The number of sulfonamides is 1. The molecule has 1 amide bonds. The fourth-order valence-corrected chi connectivity index (χ4v) is 5.40. The number of hydrogen-bond donors (Lipinski definition) is 1.